The second-order valence-electron chi connectivity index (χ2n) is 8.48. The van der Waals surface area contributed by atoms with E-state index in [1.54, 1.807) is 18.9 Å². The van der Waals surface area contributed by atoms with E-state index in [1.807, 2.05) is 32.2 Å². The fourth-order valence-electron chi connectivity index (χ4n) is 5.40. The Kier molecular flexibility index (Phi) is 5.67. The second-order valence-corrected chi connectivity index (χ2v) is 9.46. The molecule has 2 saturated heterocycles. The van der Waals surface area contributed by atoms with Crippen LogP contribution in [0.5, 0.6) is 0 Å². The molecule has 3 heterocycles. The number of carbonyl (C=O) groups excluding carboxylic acids is 3. The van der Waals surface area contributed by atoms with E-state index < -0.39 is 17.4 Å². The van der Waals surface area contributed by atoms with Crippen LogP contribution < -0.4 is 10.6 Å². The van der Waals surface area contributed by atoms with E-state index in [2.05, 4.69) is 10.6 Å². The van der Waals surface area contributed by atoms with Crippen molar-refractivity contribution >= 4 is 35.2 Å². The largest absolute Gasteiger partial charge is 0.385 e. The number of fused-ring (bicyclic) bond motifs is 4. The zero-order chi connectivity index (χ0) is 21.6. The highest BCUT2D eigenvalue weighted by atomic mass is 32.2. The van der Waals surface area contributed by atoms with Crippen LogP contribution in [0.3, 0.4) is 0 Å². The molecule has 1 aromatic rings. The van der Waals surface area contributed by atoms with Crippen LogP contribution in [0, 0.1) is 25.7 Å². The first-order valence-electron chi connectivity index (χ1n) is 10.4. The zero-order valence-corrected chi connectivity index (χ0v) is 18.7. The number of hydrogen-bond acceptors (Lipinski definition) is 6. The first-order chi connectivity index (χ1) is 14.4. The highest BCUT2D eigenvalue weighted by Crippen LogP contribution is 2.54. The quantitative estimate of drug-likeness (QED) is 0.506. The van der Waals surface area contributed by atoms with Crippen molar-refractivity contribution in [3.8, 4) is 0 Å². The first-order valence-corrected chi connectivity index (χ1v) is 11.8. The molecule has 4 unspecified atom stereocenters. The van der Waals surface area contributed by atoms with E-state index in [0.29, 0.717) is 19.6 Å². The number of aryl methyl sites for hydroxylation is 2. The summed E-state index contributed by atoms with van der Waals surface area (Å²) in [5.74, 6) is -1.03. The number of imide groups is 1. The second kappa shape index (κ2) is 7.98. The van der Waals surface area contributed by atoms with Crippen LogP contribution in [0.15, 0.2) is 12.1 Å². The van der Waals surface area contributed by atoms with Crippen LogP contribution in [0.2, 0.25) is 0 Å². The number of benzene rings is 1. The first kappa shape index (κ1) is 21.3. The third-order valence-electron chi connectivity index (χ3n) is 6.62. The highest BCUT2D eigenvalue weighted by molar-refractivity contribution is 7.98. The summed E-state index contributed by atoms with van der Waals surface area (Å²) in [5.41, 5.74) is 2.37. The van der Waals surface area contributed by atoms with Crippen molar-refractivity contribution in [2.24, 2.45) is 11.8 Å². The number of methoxy groups -OCH3 is 1. The molecule has 0 saturated carbocycles. The molecule has 1 spiro atoms. The Balaban J connectivity index is 1.80. The molecule has 162 valence electrons. The Morgan fingerprint density at radius 2 is 1.97 bits per heavy atom. The standard InChI is InChI=1S/C22H29N3O4S/c1-12-10-13(2)18-14(11-12)22(21(28)23-18)17-16(15(24-22)6-9-30-4)19(26)25(20(17)27)7-5-8-29-3/h10-11,15-17,24H,5-9H2,1-4H3,(H,23,28). The molecular weight excluding hydrogens is 402 g/mol. The van der Waals surface area contributed by atoms with Gasteiger partial charge in [0.25, 0.3) is 0 Å². The predicted molar refractivity (Wildman–Crippen MR) is 116 cm³/mol. The van der Waals surface area contributed by atoms with Crippen molar-refractivity contribution in [3.05, 3.63) is 28.8 Å². The fourth-order valence-corrected chi connectivity index (χ4v) is 5.89. The summed E-state index contributed by atoms with van der Waals surface area (Å²) in [5, 5.41) is 6.50. The molecule has 3 amide bonds. The average molecular weight is 432 g/mol. The van der Waals surface area contributed by atoms with Gasteiger partial charge in [-0.25, -0.2) is 0 Å². The molecule has 4 atom stereocenters. The van der Waals surface area contributed by atoms with Gasteiger partial charge in [-0.05, 0) is 44.3 Å². The number of amides is 3. The number of nitrogens with one attached hydrogen (secondary N) is 2. The minimum atomic E-state index is -1.19. The summed E-state index contributed by atoms with van der Waals surface area (Å²) >= 11 is 1.70. The van der Waals surface area contributed by atoms with Crippen molar-refractivity contribution in [2.45, 2.75) is 38.3 Å². The van der Waals surface area contributed by atoms with E-state index in [0.717, 1.165) is 34.6 Å². The lowest BCUT2D eigenvalue weighted by Crippen LogP contribution is -2.53. The molecule has 2 fully saturated rings. The van der Waals surface area contributed by atoms with Crippen LogP contribution >= 0.6 is 11.8 Å². The lowest BCUT2D eigenvalue weighted by molar-refractivity contribution is -0.143. The Hall–Kier alpha value is -1.90. The molecule has 8 heteroatoms. The summed E-state index contributed by atoms with van der Waals surface area (Å²) in [6.07, 6.45) is 3.33. The third kappa shape index (κ3) is 2.99. The van der Waals surface area contributed by atoms with Gasteiger partial charge in [-0.15, -0.1) is 0 Å². The van der Waals surface area contributed by atoms with Gasteiger partial charge in [0, 0.05) is 37.6 Å². The summed E-state index contributed by atoms with van der Waals surface area (Å²) < 4.78 is 5.10. The number of likely N-dealkylation sites (tertiary alicyclic amines) is 1. The van der Waals surface area contributed by atoms with E-state index in [4.69, 9.17) is 4.74 Å². The predicted octanol–water partition coefficient (Wildman–Crippen LogP) is 1.81. The molecule has 0 aliphatic carbocycles. The minimum Gasteiger partial charge on any atom is -0.385 e. The van der Waals surface area contributed by atoms with Gasteiger partial charge in [0.15, 0.2) is 0 Å². The maximum absolute atomic E-state index is 13.5. The average Bonchev–Trinajstić information content (AvgIpc) is 3.28. The minimum absolute atomic E-state index is 0.165. The third-order valence-corrected chi connectivity index (χ3v) is 7.26. The number of nitrogens with zero attached hydrogens (tertiary/aromatic N) is 1. The lowest BCUT2D eigenvalue weighted by Gasteiger charge is -2.30. The number of anilines is 1. The van der Waals surface area contributed by atoms with Gasteiger partial charge in [-0.1, -0.05) is 17.7 Å². The number of carbonyl (C=O) groups is 3. The molecule has 0 bridgehead atoms. The summed E-state index contributed by atoms with van der Waals surface area (Å²) in [6, 6.07) is 3.78. The normalized spacial score (nSPS) is 29.7. The molecular formula is C22H29N3O4S. The number of rotatable bonds is 7. The molecule has 2 N–H and O–H groups in total. The van der Waals surface area contributed by atoms with Crippen molar-refractivity contribution in [2.75, 3.05) is 37.6 Å². The summed E-state index contributed by atoms with van der Waals surface area (Å²) in [4.78, 5) is 41.7. The number of hydrogen-bond donors (Lipinski definition) is 2. The van der Waals surface area contributed by atoms with Gasteiger partial charge in [-0.3, -0.25) is 24.6 Å². The number of ether oxygens (including phenoxy) is 1. The van der Waals surface area contributed by atoms with Crippen LogP contribution in [0.25, 0.3) is 0 Å². The van der Waals surface area contributed by atoms with Crippen molar-refractivity contribution in [1.29, 1.82) is 0 Å². The van der Waals surface area contributed by atoms with Gasteiger partial charge in [0.1, 0.15) is 5.54 Å². The number of thioether (sulfide) groups is 1. The maximum Gasteiger partial charge on any atom is 0.250 e. The van der Waals surface area contributed by atoms with Crippen LogP contribution in [0.1, 0.15) is 29.5 Å². The molecule has 30 heavy (non-hydrogen) atoms. The van der Waals surface area contributed by atoms with Gasteiger partial charge in [-0.2, -0.15) is 11.8 Å². The molecule has 1 aromatic carbocycles. The smallest absolute Gasteiger partial charge is 0.250 e. The van der Waals surface area contributed by atoms with E-state index >= 15 is 0 Å². The fraction of sp³-hybridized carbons (Fsp3) is 0.591. The van der Waals surface area contributed by atoms with Gasteiger partial charge in [0.05, 0.1) is 11.8 Å². The van der Waals surface area contributed by atoms with E-state index in [-0.39, 0.29) is 23.8 Å². The zero-order valence-electron chi connectivity index (χ0n) is 17.9. The van der Waals surface area contributed by atoms with Crippen molar-refractivity contribution in [1.82, 2.24) is 10.2 Å². The molecule has 0 radical (unpaired) electrons. The van der Waals surface area contributed by atoms with Crippen LogP contribution in [0.4, 0.5) is 5.69 Å². The van der Waals surface area contributed by atoms with Crippen LogP contribution in [-0.2, 0) is 24.7 Å². The topological polar surface area (TPSA) is 87.7 Å². The van der Waals surface area contributed by atoms with Crippen molar-refractivity contribution in [3.63, 3.8) is 0 Å². The summed E-state index contributed by atoms with van der Waals surface area (Å²) in [7, 11) is 1.60. The lowest BCUT2D eigenvalue weighted by atomic mass is 9.76. The van der Waals surface area contributed by atoms with Gasteiger partial charge in [0.2, 0.25) is 17.7 Å². The molecule has 4 rings (SSSR count). The monoisotopic (exact) mass is 431 g/mol. The molecule has 3 aliphatic heterocycles. The van der Waals surface area contributed by atoms with E-state index in [1.165, 1.54) is 4.90 Å². The molecule has 7 nitrogen and oxygen atoms in total. The Morgan fingerprint density at radius 3 is 2.67 bits per heavy atom. The SMILES string of the molecule is COCCCN1C(=O)C2C(CCSC)NC3(C(=O)Nc4c(C)cc(C)cc43)C2C1=O. The Labute approximate surface area is 181 Å². The van der Waals surface area contributed by atoms with Crippen LogP contribution in [-0.4, -0.2) is 60.9 Å². The van der Waals surface area contributed by atoms with Crippen molar-refractivity contribution < 1.29 is 19.1 Å². The maximum atomic E-state index is 13.5. The summed E-state index contributed by atoms with van der Waals surface area (Å²) in [6.45, 7) is 4.75. The van der Waals surface area contributed by atoms with E-state index in [9.17, 15) is 14.4 Å². The Morgan fingerprint density at radius 1 is 1.20 bits per heavy atom. The van der Waals surface area contributed by atoms with Gasteiger partial charge < -0.3 is 10.1 Å². The van der Waals surface area contributed by atoms with Gasteiger partial charge >= 0.3 is 0 Å². The highest BCUT2D eigenvalue weighted by Gasteiger charge is 2.70. The molecule has 3 aliphatic rings. The molecule has 0 aromatic heterocycles. The Bertz CT molecular complexity index is 905.